The SMILES string of the molecule is CNCCN1C(=O)CSC1=Cc1cc(C(C)(C)C)c(O)c(C(C)(C)C)c1. The average Bonchev–Trinajstić information content (AvgIpc) is 2.84. The van der Waals surface area contributed by atoms with Gasteiger partial charge in [-0.3, -0.25) is 4.79 Å². The molecule has 1 aromatic carbocycles. The molecule has 2 rings (SSSR count). The normalized spacial score (nSPS) is 17.4. The molecule has 5 heteroatoms. The number of phenolic OH excluding ortho intramolecular Hbond substituents is 1. The first kappa shape index (κ1) is 20.8. The highest BCUT2D eigenvalue weighted by molar-refractivity contribution is 8.04. The van der Waals surface area contributed by atoms with E-state index in [1.165, 1.54) is 0 Å². The van der Waals surface area contributed by atoms with E-state index in [1.807, 2.05) is 11.9 Å². The molecule has 144 valence electrons. The summed E-state index contributed by atoms with van der Waals surface area (Å²) >= 11 is 1.58. The minimum absolute atomic E-state index is 0.155. The van der Waals surface area contributed by atoms with Gasteiger partial charge in [0, 0.05) is 24.2 Å². The molecule has 1 heterocycles. The fourth-order valence-corrected chi connectivity index (χ4v) is 4.01. The van der Waals surface area contributed by atoms with Crippen molar-refractivity contribution in [1.82, 2.24) is 10.2 Å². The van der Waals surface area contributed by atoms with E-state index in [-0.39, 0.29) is 16.7 Å². The summed E-state index contributed by atoms with van der Waals surface area (Å²) in [6.07, 6.45) is 2.08. The molecule has 1 amide bonds. The number of nitrogens with zero attached hydrogens (tertiary/aromatic N) is 1. The van der Waals surface area contributed by atoms with Gasteiger partial charge in [-0.05, 0) is 41.6 Å². The van der Waals surface area contributed by atoms with E-state index in [2.05, 4.69) is 65.1 Å². The molecule has 0 radical (unpaired) electrons. The summed E-state index contributed by atoms with van der Waals surface area (Å²) in [5.74, 6) is 1.03. The Morgan fingerprint density at radius 2 is 1.69 bits per heavy atom. The van der Waals surface area contributed by atoms with Crippen LogP contribution in [0.5, 0.6) is 5.75 Å². The smallest absolute Gasteiger partial charge is 0.237 e. The van der Waals surface area contributed by atoms with Crippen LogP contribution in [-0.2, 0) is 15.6 Å². The number of aromatic hydroxyl groups is 1. The van der Waals surface area contributed by atoms with Gasteiger partial charge in [-0.15, -0.1) is 0 Å². The van der Waals surface area contributed by atoms with Crippen molar-refractivity contribution in [3.8, 4) is 5.75 Å². The predicted octanol–water partition coefficient (Wildman–Crippen LogP) is 4.08. The van der Waals surface area contributed by atoms with Crippen molar-refractivity contribution in [2.24, 2.45) is 0 Å². The molecule has 0 bridgehead atoms. The zero-order valence-electron chi connectivity index (χ0n) is 17.1. The summed E-state index contributed by atoms with van der Waals surface area (Å²) in [5.41, 5.74) is 2.58. The van der Waals surface area contributed by atoms with Crippen molar-refractivity contribution >= 4 is 23.7 Å². The number of carbonyl (C=O) groups excluding carboxylic acids is 1. The molecule has 4 nitrogen and oxygen atoms in total. The number of carbonyl (C=O) groups is 1. The maximum atomic E-state index is 12.2. The van der Waals surface area contributed by atoms with Gasteiger partial charge in [0.05, 0.1) is 10.8 Å². The number of hydrogen-bond acceptors (Lipinski definition) is 4. The number of thioether (sulfide) groups is 1. The van der Waals surface area contributed by atoms with E-state index >= 15 is 0 Å². The number of amides is 1. The van der Waals surface area contributed by atoms with E-state index in [0.29, 0.717) is 18.0 Å². The topological polar surface area (TPSA) is 52.6 Å². The van der Waals surface area contributed by atoms with E-state index in [4.69, 9.17) is 0 Å². The van der Waals surface area contributed by atoms with Gasteiger partial charge in [0.1, 0.15) is 5.75 Å². The van der Waals surface area contributed by atoms with E-state index < -0.39 is 0 Å². The fraction of sp³-hybridized carbons (Fsp3) is 0.571. The lowest BCUT2D eigenvalue weighted by molar-refractivity contribution is -0.125. The molecule has 1 aromatic rings. The minimum Gasteiger partial charge on any atom is -0.507 e. The molecule has 0 aliphatic carbocycles. The molecule has 2 N–H and O–H groups in total. The van der Waals surface area contributed by atoms with Crippen LogP contribution in [0.4, 0.5) is 0 Å². The Bertz CT molecular complexity index is 677. The lowest BCUT2D eigenvalue weighted by Crippen LogP contribution is -2.31. The third-order valence-electron chi connectivity index (χ3n) is 4.53. The molecule has 0 unspecified atom stereocenters. The number of nitrogens with one attached hydrogen (secondary N) is 1. The second kappa shape index (κ2) is 7.65. The van der Waals surface area contributed by atoms with Gasteiger partial charge in [-0.1, -0.05) is 53.3 Å². The molecule has 0 atom stereocenters. The summed E-state index contributed by atoms with van der Waals surface area (Å²) in [6.45, 7) is 14.1. The number of likely N-dealkylation sites (N-methyl/N-ethyl adjacent to an activating group) is 1. The Labute approximate surface area is 162 Å². The Balaban J connectivity index is 2.54. The molecular formula is C21H32N2O2S. The van der Waals surface area contributed by atoms with Crippen LogP contribution in [0.3, 0.4) is 0 Å². The zero-order valence-corrected chi connectivity index (χ0v) is 17.9. The van der Waals surface area contributed by atoms with Gasteiger partial charge in [0.15, 0.2) is 0 Å². The molecule has 0 spiro atoms. The number of phenols is 1. The third-order valence-corrected chi connectivity index (χ3v) is 5.56. The Morgan fingerprint density at radius 3 is 2.15 bits per heavy atom. The zero-order chi connectivity index (χ0) is 19.7. The quantitative estimate of drug-likeness (QED) is 0.831. The summed E-state index contributed by atoms with van der Waals surface area (Å²) < 4.78 is 0. The molecule has 1 saturated heterocycles. The van der Waals surface area contributed by atoms with Gasteiger partial charge in [-0.25, -0.2) is 0 Å². The Morgan fingerprint density at radius 1 is 1.15 bits per heavy atom. The van der Waals surface area contributed by atoms with Crippen molar-refractivity contribution < 1.29 is 9.90 Å². The highest BCUT2D eigenvalue weighted by Crippen LogP contribution is 2.41. The largest absolute Gasteiger partial charge is 0.507 e. The van der Waals surface area contributed by atoms with Crippen LogP contribution in [0.15, 0.2) is 17.2 Å². The lowest BCUT2D eigenvalue weighted by atomic mass is 9.78. The fourth-order valence-electron chi connectivity index (χ4n) is 3.02. The first-order valence-electron chi connectivity index (χ1n) is 9.12. The highest BCUT2D eigenvalue weighted by atomic mass is 32.2. The molecule has 0 saturated carbocycles. The maximum absolute atomic E-state index is 12.2. The van der Waals surface area contributed by atoms with Gasteiger partial charge in [0.25, 0.3) is 0 Å². The van der Waals surface area contributed by atoms with E-state index in [0.717, 1.165) is 28.3 Å². The van der Waals surface area contributed by atoms with Crippen LogP contribution in [0, 0.1) is 0 Å². The van der Waals surface area contributed by atoms with Crippen LogP contribution in [0.25, 0.3) is 6.08 Å². The molecule has 1 fully saturated rings. The van der Waals surface area contributed by atoms with Crippen LogP contribution in [0.1, 0.15) is 58.2 Å². The maximum Gasteiger partial charge on any atom is 0.237 e. The van der Waals surface area contributed by atoms with Crippen molar-refractivity contribution in [3.05, 3.63) is 33.9 Å². The number of rotatable bonds is 4. The number of benzene rings is 1. The Kier molecular flexibility index (Phi) is 6.13. The second-order valence-corrected chi connectivity index (χ2v) is 9.88. The van der Waals surface area contributed by atoms with Crippen LogP contribution < -0.4 is 5.32 Å². The monoisotopic (exact) mass is 376 g/mol. The van der Waals surface area contributed by atoms with Crippen LogP contribution in [0.2, 0.25) is 0 Å². The standard InChI is InChI=1S/C21H32N2O2S/c1-20(2,3)15-10-14(11-16(19(15)25)21(4,5)6)12-18-23(9-8-22-7)17(24)13-26-18/h10-12,22,25H,8-9,13H2,1-7H3. The van der Waals surface area contributed by atoms with Gasteiger partial charge < -0.3 is 15.3 Å². The molecule has 26 heavy (non-hydrogen) atoms. The first-order chi connectivity index (χ1) is 11.9. The minimum atomic E-state index is -0.164. The van der Waals surface area contributed by atoms with Crippen LogP contribution >= 0.6 is 11.8 Å². The summed E-state index contributed by atoms with van der Waals surface area (Å²) in [5, 5.41) is 14.9. The highest BCUT2D eigenvalue weighted by Gasteiger charge is 2.28. The third kappa shape index (κ3) is 4.63. The molecule has 1 aliphatic heterocycles. The van der Waals surface area contributed by atoms with Crippen molar-refractivity contribution in [3.63, 3.8) is 0 Å². The van der Waals surface area contributed by atoms with Crippen LogP contribution in [-0.4, -0.2) is 41.8 Å². The van der Waals surface area contributed by atoms with Crippen molar-refractivity contribution in [2.45, 2.75) is 52.4 Å². The second-order valence-electron chi connectivity index (χ2n) is 8.88. The van der Waals surface area contributed by atoms with Gasteiger partial charge >= 0.3 is 0 Å². The molecule has 0 aromatic heterocycles. The van der Waals surface area contributed by atoms with E-state index in [1.54, 1.807) is 11.8 Å². The Hall–Kier alpha value is -1.46. The van der Waals surface area contributed by atoms with Gasteiger partial charge in [-0.2, -0.15) is 0 Å². The van der Waals surface area contributed by atoms with Gasteiger partial charge in [0.2, 0.25) is 5.91 Å². The number of hydrogen-bond donors (Lipinski definition) is 2. The summed E-state index contributed by atoms with van der Waals surface area (Å²) in [4.78, 5) is 14.0. The molecular weight excluding hydrogens is 344 g/mol. The van der Waals surface area contributed by atoms with Crippen molar-refractivity contribution in [2.75, 3.05) is 25.9 Å². The predicted molar refractivity (Wildman–Crippen MR) is 112 cm³/mol. The first-order valence-corrected chi connectivity index (χ1v) is 10.1. The van der Waals surface area contributed by atoms with Crippen molar-refractivity contribution in [1.29, 1.82) is 0 Å². The summed E-state index contributed by atoms with van der Waals surface area (Å²) in [6, 6.07) is 4.11. The van der Waals surface area contributed by atoms with E-state index in [9.17, 15) is 9.90 Å². The molecule has 1 aliphatic rings. The lowest BCUT2D eigenvalue weighted by Gasteiger charge is -2.28. The summed E-state index contributed by atoms with van der Waals surface area (Å²) in [7, 11) is 1.89. The average molecular weight is 377 g/mol.